The lowest BCUT2D eigenvalue weighted by atomic mass is 10.1. The van der Waals surface area contributed by atoms with Crippen molar-refractivity contribution in [2.45, 2.75) is 32.7 Å². The number of hydrogen-bond donors (Lipinski definition) is 2. The van der Waals surface area contributed by atoms with E-state index in [1.807, 2.05) is 54.9 Å². The maximum absolute atomic E-state index is 12.6. The number of imidazole rings is 1. The third kappa shape index (κ3) is 6.72. The van der Waals surface area contributed by atoms with Gasteiger partial charge in [0.2, 0.25) is 5.88 Å². The van der Waals surface area contributed by atoms with E-state index in [4.69, 9.17) is 15.5 Å². The maximum Gasteiger partial charge on any atom is 0.329 e. The molecule has 2 heterocycles. The summed E-state index contributed by atoms with van der Waals surface area (Å²) in [5, 5.41) is 3.48. The minimum atomic E-state index is -0.664. The second kappa shape index (κ2) is 12.6. The molecule has 8 heteroatoms. The topological polar surface area (TPSA) is 84.9 Å². The molecule has 3 rings (SSSR count). The number of nitrogens with two attached hydrogens (primary N) is 1. The van der Waals surface area contributed by atoms with Crippen molar-refractivity contribution in [2.24, 2.45) is 5.73 Å². The lowest BCUT2D eigenvalue weighted by Gasteiger charge is -2.18. The molecule has 1 aromatic carbocycles. The molecule has 0 saturated heterocycles. The molecule has 0 fully saturated rings. The van der Waals surface area contributed by atoms with Gasteiger partial charge in [-0.2, -0.15) is 11.8 Å². The molecule has 0 aliphatic rings. The fourth-order valence-electron chi connectivity index (χ4n) is 3.61. The predicted octanol–water partition coefficient (Wildman–Crippen LogP) is 4.13. The van der Waals surface area contributed by atoms with E-state index in [9.17, 15) is 4.79 Å². The van der Waals surface area contributed by atoms with Gasteiger partial charge in [-0.1, -0.05) is 32.0 Å². The highest BCUT2D eigenvalue weighted by Crippen LogP contribution is 2.31. The molecule has 0 radical (unpaired) electrons. The van der Waals surface area contributed by atoms with E-state index >= 15 is 0 Å². The van der Waals surface area contributed by atoms with Crippen LogP contribution in [0.25, 0.3) is 16.9 Å². The molecule has 0 saturated carbocycles. The molecule has 2 aromatic heterocycles. The number of thioether (sulfide) groups is 1. The normalized spacial score (nSPS) is 12.3. The number of anilines is 1. The third-order valence-electron chi connectivity index (χ3n) is 5.65. The minimum Gasteiger partial charge on any atom is -0.405 e. The highest BCUT2D eigenvalue weighted by atomic mass is 32.2. The Bertz CT molecular complexity index is 1020. The number of rotatable bonds is 13. The number of esters is 1. The minimum absolute atomic E-state index is 0.398. The molecule has 178 valence electrons. The van der Waals surface area contributed by atoms with Gasteiger partial charge in [0.05, 0.1) is 0 Å². The summed E-state index contributed by atoms with van der Waals surface area (Å²) in [6, 6.07) is 13.1. The van der Waals surface area contributed by atoms with Crippen molar-refractivity contribution >= 4 is 29.1 Å². The number of fused-ring (bicyclic) bond motifs is 1. The summed E-state index contributed by atoms with van der Waals surface area (Å²) < 4.78 is 7.56. The molecular weight excluding hydrogens is 434 g/mol. The number of nitrogens with one attached hydrogen (secondary N) is 1. The summed E-state index contributed by atoms with van der Waals surface area (Å²) in [6.07, 6.45) is 5.49. The van der Waals surface area contributed by atoms with E-state index in [2.05, 4.69) is 24.1 Å². The Hall–Kier alpha value is -2.55. The van der Waals surface area contributed by atoms with E-state index in [1.54, 1.807) is 16.2 Å². The van der Waals surface area contributed by atoms with Crippen molar-refractivity contribution < 1.29 is 9.53 Å². The van der Waals surface area contributed by atoms with Gasteiger partial charge in [-0.25, -0.2) is 9.78 Å². The zero-order valence-electron chi connectivity index (χ0n) is 19.8. The molecule has 0 aliphatic carbocycles. The third-order valence-corrected chi connectivity index (χ3v) is 6.30. The van der Waals surface area contributed by atoms with Crippen molar-refractivity contribution in [1.29, 1.82) is 0 Å². The lowest BCUT2D eigenvalue weighted by molar-refractivity contribution is -0.136. The van der Waals surface area contributed by atoms with Crippen LogP contribution in [0.15, 0.2) is 48.7 Å². The molecular formula is C25H35N5O2S. The number of carbonyl (C=O) groups excluding carboxylic acids is 1. The Kier molecular flexibility index (Phi) is 9.60. The van der Waals surface area contributed by atoms with Crippen molar-refractivity contribution in [1.82, 2.24) is 14.3 Å². The molecule has 33 heavy (non-hydrogen) atoms. The van der Waals surface area contributed by atoms with Crippen LogP contribution in [-0.2, 0) is 4.79 Å². The van der Waals surface area contributed by atoms with Crippen LogP contribution in [0.5, 0.6) is 5.88 Å². The predicted molar refractivity (Wildman–Crippen MR) is 138 cm³/mol. The van der Waals surface area contributed by atoms with E-state index in [0.717, 1.165) is 49.6 Å². The molecule has 3 aromatic rings. The fraction of sp³-hybridized carbons (Fsp3) is 0.440. The highest BCUT2D eigenvalue weighted by Gasteiger charge is 2.22. The van der Waals surface area contributed by atoms with Gasteiger partial charge >= 0.3 is 5.97 Å². The smallest absolute Gasteiger partial charge is 0.329 e. The standard InChI is InChI=1S/C25H35N5O2S/c1-4-29(5-2)16-8-15-27-20-12-10-19(11-13-20)23-24(30-17-7-6-9-22(30)28-23)32-25(31)21(26)14-18-33-3/h6-7,9-13,17,21,27H,4-5,8,14-16,18,26H2,1-3H3. The molecule has 0 spiro atoms. The Morgan fingerprint density at radius 1 is 1.21 bits per heavy atom. The second-order valence-electron chi connectivity index (χ2n) is 7.89. The number of aromatic nitrogens is 2. The van der Waals surface area contributed by atoms with Gasteiger partial charge in [-0.3, -0.25) is 4.40 Å². The summed E-state index contributed by atoms with van der Waals surface area (Å²) in [6.45, 7) is 8.56. The van der Waals surface area contributed by atoms with Gasteiger partial charge in [0.1, 0.15) is 17.4 Å². The lowest BCUT2D eigenvalue weighted by Crippen LogP contribution is -2.35. The van der Waals surface area contributed by atoms with Gasteiger partial charge in [0, 0.05) is 24.0 Å². The number of benzene rings is 1. The Balaban J connectivity index is 1.73. The van der Waals surface area contributed by atoms with E-state index in [-0.39, 0.29) is 0 Å². The SMILES string of the molecule is CCN(CC)CCCNc1ccc(-c2nc3ccccn3c2OC(=O)C(N)CCSC)cc1. The monoisotopic (exact) mass is 469 g/mol. The summed E-state index contributed by atoms with van der Waals surface area (Å²) in [5.74, 6) is 0.761. The molecule has 0 bridgehead atoms. The zero-order valence-corrected chi connectivity index (χ0v) is 20.6. The number of carbonyl (C=O) groups is 1. The zero-order chi connectivity index (χ0) is 23.6. The van der Waals surface area contributed by atoms with E-state index in [1.165, 1.54) is 0 Å². The summed E-state index contributed by atoms with van der Waals surface area (Å²) >= 11 is 1.66. The largest absolute Gasteiger partial charge is 0.405 e. The van der Waals surface area contributed by atoms with Crippen LogP contribution < -0.4 is 15.8 Å². The highest BCUT2D eigenvalue weighted by molar-refractivity contribution is 7.98. The van der Waals surface area contributed by atoms with Crippen LogP contribution in [0.1, 0.15) is 26.7 Å². The van der Waals surface area contributed by atoms with E-state index < -0.39 is 12.0 Å². The van der Waals surface area contributed by atoms with Crippen molar-refractivity contribution in [3.63, 3.8) is 0 Å². The van der Waals surface area contributed by atoms with Crippen LogP contribution in [0.4, 0.5) is 5.69 Å². The average Bonchev–Trinajstić information content (AvgIpc) is 3.21. The van der Waals surface area contributed by atoms with Crippen molar-refractivity contribution in [3.8, 4) is 17.1 Å². The number of hydrogen-bond acceptors (Lipinski definition) is 7. The first-order chi connectivity index (χ1) is 16.1. The van der Waals surface area contributed by atoms with Crippen LogP contribution in [0.3, 0.4) is 0 Å². The summed E-state index contributed by atoms with van der Waals surface area (Å²) in [7, 11) is 0. The van der Waals surface area contributed by atoms with Crippen LogP contribution in [-0.4, -0.2) is 64.5 Å². The van der Waals surface area contributed by atoms with Crippen LogP contribution in [0, 0.1) is 0 Å². The Labute approximate surface area is 200 Å². The first-order valence-corrected chi connectivity index (χ1v) is 13.0. The maximum atomic E-state index is 12.6. The number of nitrogens with zero attached hydrogens (tertiary/aromatic N) is 3. The van der Waals surface area contributed by atoms with Gasteiger partial charge in [0.15, 0.2) is 0 Å². The molecule has 7 nitrogen and oxygen atoms in total. The van der Waals surface area contributed by atoms with Gasteiger partial charge < -0.3 is 20.7 Å². The van der Waals surface area contributed by atoms with Crippen molar-refractivity contribution in [3.05, 3.63) is 48.7 Å². The quantitative estimate of drug-likeness (QED) is 0.288. The second-order valence-corrected chi connectivity index (χ2v) is 8.87. The Morgan fingerprint density at radius 2 is 1.97 bits per heavy atom. The van der Waals surface area contributed by atoms with Crippen molar-refractivity contribution in [2.75, 3.05) is 43.5 Å². The van der Waals surface area contributed by atoms with Crippen LogP contribution >= 0.6 is 11.8 Å². The molecule has 0 aliphatic heterocycles. The number of ether oxygens (including phenoxy) is 1. The van der Waals surface area contributed by atoms with Gasteiger partial charge in [0.25, 0.3) is 0 Å². The first kappa shape index (κ1) is 25.1. The van der Waals surface area contributed by atoms with Gasteiger partial charge in [-0.15, -0.1) is 0 Å². The summed E-state index contributed by atoms with van der Waals surface area (Å²) in [5.41, 5.74) is 9.31. The van der Waals surface area contributed by atoms with Gasteiger partial charge in [-0.05, 0) is 68.8 Å². The summed E-state index contributed by atoms with van der Waals surface area (Å²) in [4.78, 5) is 19.8. The average molecular weight is 470 g/mol. The van der Waals surface area contributed by atoms with Crippen LogP contribution in [0.2, 0.25) is 0 Å². The number of pyridine rings is 1. The molecule has 0 amide bonds. The Morgan fingerprint density at radius 3 is 2.67 bits per heavy atom. The fourth-order valence-corrected chi connectivity index (χ4v) is 4.10. The molecule has 1 atom stereocenters. The molecule has 1 unspecified atom stereocenters. The molecule has 3 N–H and O–H groups in total. The van der Waals surface area contributed by atoms with E-state index in [0.29, 0.717) is 23.6 Å². The first-order valence-electron chi connectivity index (χ1n) is 11.6.